The van der Waals surface area contributed by atoms with Crippen molar-refractivity contribution in [3.8, 4) is 5.69 Å². The molecule has 28 heavy (non-hydrogen) atoms. The van der Waals surface area contributed by atoms with Gasteiger partial charge in [-0.25, -0.2) is 18.4 Å². The number of fused-ring (bicyclic) bond motifs is 1. The molecule has 5 nitrogen and oxygen atoms in total. The highest BCUT2D eigenvalue weighted by molar-refractivity contribution is 6.39. The van der Waals surface area contributed by atoms with Crippen molar-refractivity contribution in [2.24, 2.45) is 0 Å². The van der Waals surface area contributed by atoms with Crippen LogP contribution in [0.2, 0.25) is 5.02 Å². The van der Waals surface area contributed by atoms with Crippen LogP contribution in [0.5, 0.6) is 0 Å². The summed E-state index contributed by atoms with van der Waals surface area (Å²) in [6, 6.07) is 11.3. The summed E-state index contributed by atoms with van der Waals surface area (Å²) in [5.41, 5.74) is 2.06. The first-order chi connectivity index (χ1) is 13.4. The van der Waals surface area contributed by atoms with Crippen molar-refractivity contribution in [3.05, 3.63) is 82.6 Å². The molecule has 0 saturated carbocycles. The predicted molar refractivity (Wildman–Crippen MR) is 103 cm³/mol. The lowest BCUT2D eigenvalue weighted by Gasteiger charge is -2.08. The molecule has 0 aliphatic carbocycles. The summed E-state index contributed by atoms with van der Waals surface area (Å²) in [6.45, 7) is 1.74. The molecule has 0 bridgehead atoms. The van der Waals surface area contributed by atoms with E-state index in [2.05, 4.69) is 15.4 Å². The number of rotatable bonds is 3. The predicted octanol–water partition coefficient (Wildman–Crippen LogP) is 4.91. The molecule has 0 unspecified atom stereocenters. The fraction of sp³-hybridized carbons (Fsp3) is 0.0500. The number of amides is 1. The van der Waals surface area contributed by atoms with Gasteiger partial charge in [-0.3, -0.25) is 4.79 Å². The maximum atomic E-state index is 13.3. The van der Waals surface area contributed by atoms with Gasteiger partial charge in [-0.05, 0) is 49.4 Å². The number of hydrogen-bond acceptors (Lipinski definition) is 3. The van der Waals surface area contributed by atoms with Gasteiger partial charge in [-0.2, -0.15) is 5.10 Å². The average molecular weight is 399 g/mol. The van der Waals surface area contributed by atoms with E-state index in [-0.39, 0.29) is 16.4 Å². The van der Waals surface area contributed by atoms with E-state index in [0.717, 1.165) is 0 Å². The zero-order chi connectivity index (χ0) is 19.8. The summed E-state index contributed by atoms with van der Waals surface area (Å²) < 4.78 is 28.1. The number of carbonyl (C=O) groups excluding carboxylic acids is 1. The normalized spacial score (nSPS) is 11.0. The Morgan fingerprint density at radius 3 is 2.57 bits per heavy atom. The second-order valence-electron chi connectivity index (χ2n) is 6.12. The van der Waals surface area contributed by atoms with Crippen molar-refractivity contribution >= 4 is 34.2 Å². The molecule has 0 aliphatic heterocycles. The Labute approximate surface area is 163 Å². The SMILES string of the molecule is Cc1nn(-c2ccc(F)cc2)c2ncc(C(=O)Nc3cccc(F)c3)c(Cl)c12. The molecule has 1 N–H and O–H groups in total. The van der Waals surface area contributed by atoms with E-state index in [1.807, 2.05) is 0 Å². The van der Waals surface area contributed by atoms with Crippen LogP contribution < -0.4 is 5.32 Å². The standard InChI is InChI=1S/C20H13ClF2N4O/c1-11-17-18(21)16(20(28)25-14-4-2-3-13(23)9-14)10-24-19(17)27(26-11)15-7-5-12(22)6-8-15/h2-10H,1H3,(H,25,28). The van der Waals surface area contributed by atoms with E-state index in [0.29, 0.717) is 28.1 Å². The van der Waals surface area contributed by atoms with Crippen LogP contribution in [0.3, 0.4) is 0 Å². The third-order valence-electron chi connectivity index (χ3n) is 4.21. The first-order valence-corrected chi connectivity index (χ1v) is 8.68. The summed E-state index contributed by atoms with van der Waals surface area (Å²) in [5.74, 6) is -1.34. The number of aryl methyl sites for hydroxylation is 1. The number of halogens is 3. The maximum Gasteiger partial charge on any atom is 0.258 e. The average Bonchev–Trinajstić information content (AvgIpc) is 3.00. The second kappa shape index (κ2) is 7.01. The lowest BCUT2D eigenvalue weighted by Crippen LogP contribution is -2.13. The summed E-state index contributed by atoms with van der Waals surface area (Å²) in [5, 5.41) is 7.71. The molecule has 0 atom stereocenters. The fourth-order valence-electron chi connectivity index (χ4n) is 2.89. The minimum absolute atomic E-state index is 0.139. The molecule has 0 radical (unpaired) electrons. The van der Waals surface area contributed by atoms with Crippen LogP contribution in [0.15, 0.2) is 54.7 Å². The Bertz CT molecular complexity index is 1210. The zero-order valence-electron chi connectivity index (χ0n) is 14.6. The van der Waals surface area contributed by atoms with Crippen LogP contribution in [0.1, 0.15) is 16.1 Å². The van der Waals surface area contributed by atoms with E-state index >= 15 is 0 Å². The van der Waals surface area contributed by atoms with E-state index in [4.69, 9.17) is 11.6 Å². The van der Waals surface area contributed by atoms with Crippen molar-refractivity contribution in [3.63, 3.8) is 0 Å². The maximum absolute atomic E-state index is 13.3. The van der Waals surface area contributed by atoms with Crippen LogP contribution in [-0.2, 0) is 0 Å². The van der Waals surface area contributed by atoms with Gasteiger partial charge in [-0.1, -0.05) is 17.7 Å². The Balaban J connectivity index is 1.76. The molecule has 2 aromatic heterocycles. The number of nitrogens with one attached hydrogen (secondary N) is 1. The highest BCUT2D eigenvalue weighted by atomic mass is 35.5. The molecule has 0 saturated heterocycles. The van der Waals surface area contributed by atoms with E-state index < -0.39 is 11.7 Å². The van der Waals surface area contributed by atoms with Crippen LogP contribution in [0, 0.1) is 18.6 Å². The van der Waals surface area contributed by atoms with Gasteiger partial charge in [-0.15, -0.1) is 0 Å². The van der Waals surface area contributed by atoms with Crippen molar-refractivity contribution < 1.29 is 13.6 Å². The molecule has 0 fully saturated rings. The number of pyridine rings is 1. The Morgan fingerprint density at radius 2 is 1.86 bits per heavy atom. The number of hydrogen-bond donors (Lipinski definition) is 1. The summed E-state index contributed by atoms with van der Waals surface area (Å²) in [6.07, 6.45) is 1.33. The Hall–Kier alpha value is -3.32. The Kier molecular flexibility index (Phi) is 4.52. The van der Waals surface area contributed by atoms with E-state index in [1.165, 1.54) is 41.2 Å². The molecule has 4 rings (SSSR count). The number of nitrogens with zero attached hydrogens (tertiary/aromatic N) is 3. The van der Waals surface area contributed by atoms with Crippen LogP contribution in [0.25, 0.3) is 16.7 Å². The molecule has 8 heteroatoms. The smallest absolute Gasteiger partial charge is 0.258 e. The summed E-state index contributed by atoms with van der Waals surface area (Å²) in [4.78, 5) is 16.9. The molecule has 4 aromatic rings. The van der Waals surface area contributed by atoms with Crippen LogP contribution in [-0.4, -0.2) is 20.7 Å². The first-order valence-electron chi connectivity index (χ1n) is 8.31. The van der Waals surface area contributed by atoms with Crippen molar-refractivity contribution in [2.45, 2.75) is 6.92 Å². The fourth-order valence-corrected chi connectivity index (χ4v) is 3.25. The lowest BCUT2D eigenvalue weighted by molar-refractivity contribution is 0.102. The molecule has 2 heterocycles. The second-order valence-corrected chi connectivity index (χ2v) is 6.50. The minimum atomic E-state index is -0.515. The minimum Gasteiger partial charge on any atom is -0.322 e. The van der Waals surface area contributed by atoms with Crippen molar-refractivity contribution in [1.82, 2.24) is 14.8 Å². The van der Waals surface area contributed by atoms with E-state index in [9.17, 15) is 13.6 Å². The van der Waals surface area contributed by atoms with Gasteiger partial charge in [0.2, 0.25) is 0 Å². The van der Waals surface area contributed by atoms with Gasteiger partial charge < -0.3 is 5.32 Å². The first kappa shape index (κ1) is 18.1. The van der Waals surface area contributed by atoms with Gasteiger partial charge >= 0.3 is 0 Å². The highest BCUT2D eigenvalue weighted by Crippen LogP contribution is 2.30. The molecule has 140 valence electrons. The summed E-state index contributed by atoms with van der Waals surface area (Å²) >= 11 is 6.48. The number of anilines is 1. The number of aromatic nitrogens is 3. The zero-order valence-corrected chi connectivity index (χ0v) is 15.3. The van der Waals surface area contributed by atoms with Crippen LogP contribution >= 0.6 is 11.6 Å². The third kappa shape index (κ3) is 3.20. The van der Waals surface area contributed by atoms with Crippen molar-refractivity contribution in [1.29, 1.82) is 0 Å². The third-order valence-corrected chi connectivity index (χ3v) is 4.60. The molecular weight excluding hydrogens is 386 g/mol. The Morgan fingerprint density at radius 1 is 1.11 bits per heavy atom. The highest BCUT2D eigenvalue weighted by Gasteiger charge is 2.20. The molecule has 0 aliphatic rings. The lowest BCUT2D eigenvalue weighted by atomic mass is 10.2. The molecule has 1 amide bonds. The van der Waals surface area contributed by atoms with Gasteiger partial charge in [0.05, 0.1) is 27.4 Å². The van der Waals surface area contributed by atoms with E-state index in [1.54, 1.807) is 25.1 Å². The molecule has 2 aromatic carbocycles. The van der Waals surface area contributed by atoms with Gasteiger partial charge in [0.25, 0.3) is 5.91 Å². The van der Waals surface area contributed by atoms with Crippen molar-refractivity contribution in [2.75, 3.05) is 5.32 Å². The largest absolute Gasteiger partial charge is 0.322 e. The van der Waals surface area contributed by atoms with Gasteiger partial charge in [0.15, 0.2) is 5.65 Å². The molecule has 0 spiro atoms. The number of benzene rings is 2. The van der Waals surface area contributed by atoms with Crippen LogP contribution in [0.4, 0.5) is 14.5 Å². The van der Waals surface area contributed by atoms with Gasteiger partial charge in [0.1, 0.15) is 11.6 Å². The van der Waals surface area contributed by atoms with Gasteiger partial charge in [0, 0.05) is 11.9 Å². The topological polar surface area (TPSA) is 59.8 Å². The quantitative estimate of drug-likeness (QED) is 0.533. The monoisotopic (exact) mass is 398 g/mol. The summed E-state index contributed by atoms with van der Waals surface area (Å²) in [7, 11) is 0. The number of carbonyl (C=O) groups is 1. The molecular formula is C20H13ClF2N4O.